The lowest BCUT2D eigenvalue weighted by Crippen LogP contribution is -2.31. The second kappa shape index (κ2) is 5.28. The van der Waals surface area contributed by atoms with Gasteiger partial charge in [0, 0.05) is 6.42 Å². The lowest BCUT2D eigenvalue weighted by Gasteiger charge is -2.28. The van der Waals surface area contributed by atoms with Crippen molar-refractivity contribution < 1.29 is 5.11 Å². The van der Waals surface area contributed by atoms with Gasteiger partial charge in [0.05, 0.1) is 5.60 Å². The minimum Gasteiger partial charge on any atom is -0.390 e. The number of rotatable bonds is 2. The smallest absolute Gasteiger partial charge is 0.0688 e. The molecule has 1 N–H and O–H groups in total. The van der Waals surface area contributed by atoms with E-state index in [2.05, 4.69) is 45.9 Å². The average Bonchev–Trinajstić information content (AvgIpc) is 2.37. The normalized spacial score (nSPS) is 27.0. The lowest BCUT2D eigenvalue weighted by atomic mass is 9.82. The van der Waals surface area contributed by atoms with E-state index in [4.69, 9.17) is 0 Å². The summed E-state index contributed by atoms with van der Waals surface area (Å²) in [6.45, 7) is 8.93. The Hall–Kier alpha value is -0.820. The van der Waals surface area contributed by atoms with Crippen LogP contribution in [0, 0.1) is 19.3 Å². The van der Waals surface area contributed by atoms with Gasteiger partial charge in [0.1, 0.15) is 0 Å². The van der Waals surface area contributed by atoms with Crippen molar-refractivity contribution in [2.45, 2.75) is 71.8 Å². The molecule has 1 aromatic carbocycles. The molecule has 1 nitrogen and oxygen atoms in total. The van der Waals surface area contributed by atoms with Gasteiger partial charge < -0.3 is 5.11 Å². The molecule has 0 aliphatic heterocycles. The van der Waals surface area contributed by atoms with Crippen molar-refractivity contribution in [2.75, 3.05) is 0 Å². The van der Waals surface area contributed by atoms with Crippen molar-refractivity contribution in [3.05, 3.63) is 34.9 Å². The average molecular weight is 260 g/mol. The molecule has 0 heterocycles. The summed E-state index contributed by atoms with van der Waals surface area (Å²) in [5, 5.41) is 10.9. The van der Waals surface area contributed by atoms with Gasteiger partial charge in [0.2, 0.25) is 0 Å². The monoisotopic (exact) mass is 260 g/mol. The number of benzene rings is 1. The molecule has 1 aliphatic carbocycles. The summed E-state index contributed by atoms with van der Waals surface area (Å²) in [6, 6.07) is 6.64. The summed E-state index contributed by atoms with van der Waals surface area (Å²) in [5.41, 5.74) is 3.79. The highest BCUT2D eigenvalue weighted by Gasteiger charge is 2.33. The maximum absolute atomic E-state index is 10.9. The molecule has 1 saturated carbocycles. The predicted molar refractivity (Wildman–Crippen MR) is 81.4 cm³/mol. The second-order valence-corrected chi connectivity index (χ2v) is 7.41. The van der Waals surface area contributed by atoms with Crippen LogP contribution in [0.15, 0.2) is 18.2 Å². The fraction of sp³-hybridized carbons (Fsp3) is 0.667. The Labute approximate surface area is 118 Å². The third kappa shape index (κ3) is 4.07. The number of hydrogen-bond acceptors (Lipinski definition) is 1. The molecule has 1 atom stereocenters. The summed E-state index contributed by atoms with van der Waals surface area (Å²) < 4.78 is 0. The van der Waals surface area contributed by atoms with Crippen LogP contribution >= 0.6 is 0 Å². The van der Waals surface area contributed by atoms with E-state index in [1.54, 1.807) is 0 Å². The van der Waals surface area contributed by atoms with Gasteiger partial charge in [-0.3, -0.25) is 0 Å². The molecule has 1 fully saturated rings. The van der Waals surface area contributed by atoms with Crippen molar-refractivity contribution in [3.8, 4) is 0 Å². The first-order valence-electron chi connectivity index (χ1n) is 7.58. The van der Waals surface area contributed by atoms with Crippen LogP contribution in [0.2, 0.25) is 0 Å². The Morgan fingerprint density at radius 2 is 1.58 bits per heavy atom. The Balaban J connectivity index is 2.12. The number of aryl methyl sites for hydroxylation is 2. The largest absolute Gasteiger partial charge is 0.390 e. The highest BCUT2D eigenvalue weighted by molar-refractivity contribution is 5.29. The van der Waals surface area contributed by atoms with Gasteiger partial charge in [-0.1, -0.05) is 49.6 Å². The van der Waals surface area contributed by atoms with Crippen LogP contribution < -0.4 is 0 Å². The van der Waals surface area contributed by atoms with Crippen LogP contribution in [0.4, 0.5) is 0 Å². The Morgan fingerprint density at radius 1 is 0.947 bits per heavy atom. The zero-order valence-corrected chi connectivity index (χ0v) is 12.9. The fourth-order valence-electron chi connectivity index (χ4n) is 3.44. The molecular formula is C18H28O. The second-order valence-electron chi connectivity index (χ2n) is 7.41. The van der Waals surface area contributed by atoms with E-state index >= 15 is 0 Å². The van der Waals surface area contributed by atoms with Gasteiger partial charge in [-0.25, -0.2) is 0 Å². The Bertz CT molecular complexity index is 427. The van der Waals surface area contributed by atoms with E-state index < -0.39 is 5.60 Å². The molecule has 0 saturated heterocycles. The minimum absolute atomic E-state index is 0.396. The van der Waals surface area contributed by atoms with Gasteiger partial charge in [0.25, 0.3) is 0 Å². The van der Waals surface area contributed by atoms with Crippen LogP contribution in [0.1, 0.15) is 62.6 Å². The summed E-state index contributed by atoms with van der Waals surface area (Å²) in [7, 11) is 0. The van der Waals surface area contributed by atoms with Gasteiger partial charge in [-0.2, -0.15) is 0 Å². The first-order valence-corrected chi connectivity index (χ1v) is 7.58. The highest BCUT2D eigenvalue weighted by Crippen LogP contribution is 2.39. The van der Waals surface area contributed by atoms with Crippen LogP contribution in [-0.2, 0) is 6.42 Å². The highest BCUT2D eigenvalue weighted by atomic mass is 16.3. The van der Waals surface area contributed by atoms with Gasteiger partial charge >= 0.3 is 0 Å². The zero-order chi connectivity index (χ0) is 14.1. The van der Waals surface area contributed by atoms with Crippen molar-refractivity contribution in [3.63, 3.8) is 0 Å². The topological polar surface area (TPSA) is 20.2 Å². The summed E-state index contributed by atoms with van der Waals surface area (Å²) in [5.74, 6) is 0. The third-order valence-corrected chi connectivity index (χ3v) is 4.58. The zero-order valence-electron chi connectivity index (χ0n) is 12.9. The number of hydrogen-bond donors (Lipinski definition) is 1. The van der Waals surface area contributed by atoms with Crippen LogP contribution in [0.3, 0.4) is 0 Å². The first kappa shape index (κ1) is 14.6. The van der Waals surface area contributed by atoms with Gasteiger partial charge in [0.15, 0.2) is 0 Å². The maximum Gasteiger partial charge on any atom is 0.0688 e. The molecule has 0 amide bonds. The fourth-order valence-corrected chi connectivity index (χ4v) is 3.44. The van der Waals surface area contributed by atoms with Gasteiger partial charge in [-0.15, -0.1) is 0 Å². The van der Waals surface area contributed by atoms with Crippen LogP contribution in [0.5, 0.6) is 0 Å². The van der Waals surface area contributed by atoms with E-state index in [9.17, 15) is 5.11 Å². The Morgan fingerprint density at radius 3 is 2.21 bits per heavy atom. The molecule has 106 valence electrons. The summed E-state index contributed by atoms with van der Waals surface area (Å²) in [6.07, 6.45) is 6.22. The molecule has 0 spiro atoms. The lowest BCUT2D eigenvalue weighted by molar-refractivity contribution is 0.0226. The summed E-state index contributed by atoms with van der Waals surface area (Å²) >= 11 is 0. The molecule has 0 aromatic heterocycles. The van der Waals surface area contributed by atoms with Crippen molar-refractivity contribution in [2.24, 2.45) is 5.41 Å². The SMILES string of the molecule is Cc1cc(C)cc(CC2(O)CCCC(C)(C)CC2)c1. The van der Waals surface area contributed by atoms with E-state index in [0.29, 0.717) is 5.41 Å². The van der Waals surface area contributed by atoms with Gasteiger partial charge in [-0.05, 0) is 50.5 Å². The van der Waals surface area contributed by atoms with Crippen LogP contribution in [-0.4, -0.2) is 10.7 Å². The Kier molecular flexibility index (Phi) is 4.06. The quantitative estimate of drug-likeness (QED) is 0.772. The van der Waals surface area contributed by atoms with E-state index in [0.717, 1.165) is 32.1 Å². The summed E-state index contributed by atoms with van der Waals surface area (Å²) in [4.78, 5) is 0. The predicted octanol–water partition coefficient (Wildman–Crippen LogP) is 4.57. The van der Waals surface area contributed by atoms with Crippen molar-refractivity contribution >= 4 is 0 Å². The third-order valence-electron chi connectivity index (χ3n) is 4.58. The van der Waals surface area contributed by atoms with E-state index in [1.165, 1.54) is 23.1 Å². The molecule has 1 heteroatoms. The molecular weight excluding hydrogens is 232 g/mol. The molecule has 1 aliphatic rings. The van der Waals surface area contributed by atoms with Crippen molar-refractivity contribution in [1.82, 2.24) is 0 Å². The standard InChI is InChI=1S/C18H28O/c1-14-10-15(2)12-16(11-14)13-18(19)7-5-6-17(3,4)8-9-18/h10-12,19H,5-9,13H2,1-4H3. The molecule has 19 heavy (non-hydrogen) atoms. The van der Waals surface area contributed by atoms with E-state index in [1.807, 2.05) is 0 Å². The van der Waals surface area contributed by atoms with Crippen molar-refractivity contribution in [1.29, 1.82) is 0 Å². The minimum atomic E-state index is -0.492. The molecule has 0 radical (unpaired) electrons. The van der Waals surface area contributed by atoms with E-state index in [-0.39, 0.29) is 0 Å². The molecule has 1 aromatic rings. The molecule has 1 unspecified atom stereocenters. The maximum atomic E-state index is 10.9. The first-order chi connectivity index (χ1) is 8.78. The molecule has 2 rings (SSSR count). The molecule has 0 bridgehead atoms. The van der Waals surface area contributed by atoms with Crippen LogP contribution in [0.25, 0.3) is 0 Å². The number of aliphatic hydroxyl groups is 1.